The molecule has 0 amide bonds. The van der Waals surface area contributed by atoms with Crippen molar-refractivity contribution in [1.82, 2.24) is 14.5 Å². The molecule has 0 saturated carbocycles. The monoisotopic (exact) mass is 301 g/mol. The minimum Gasteiger partial charge on any atom is -0.345 e. The predicted molar refractivity (Wildman–Crippen MR) is 94.5 cm³/mol. The van der Waals surface area contributed by atoms with Crippen LogP contribution in [-0.4, -0.2) is 14.5 Å². The van der Waals surface area contributed by atoms with E-state index in [2.05, 4.69) is 83.0 Å². The molecule has 2 aromatic heterocycles. The molecule has 3 nitrogen and oxygen atoms in total. The topological polar surface area (TPSA) is 33.6 Å². The highest BCUT2D eigenvalue weighted by molar-refractivity contribution is 5.75. The molecular formula is C20H19N3. The van der Waals surface area contributed by atoms with Gasteiger partial charge in [0.2, 0.25) is 0 Å². The molecule has 0 saturated heterocycles. The van der Waals surface area contributed by atoms with Crippen molar-refractivity contribution in [2.24, 2.45) is 0 Å². The molecule has 4 rings (SSSR count). The Kier molecular flexibility index (Phi) is 3.27. The third kappa shape index (κ3) is 2.55. The van der Waals surface area contributed by atoms with E-state index in [0.717, 1.165) is 17.6 Å². The van der Waals surface area contributed by atoms with Crippen LogP contribution >= 0.6 is 0 Å². The second-order valence-electron chi connectivity index (χ2n) is 6.07. The van der Waals surface area contributed by atoms with E-state index in [9.17, 15) is 0 Å². The Balaban J connectivity index is 1.73. The zero-order valence-electron chi connectivity index (χ0n) is 13.4. The second-order valence-corrected chi connectivity index (χ2v) is 6.07. The molecular weight excluding hydrogens is 282 g/mol. The summed E-state index contributed by atoms with van der Waals surface area (Å²) in [5, 5.41) is 0. The van der Waals surface area contributed by atoms with Gasteiger partial charge in [0.1, 0.15) is 0 Å². The Morgan fingerprint density at radius 3 is 2.61 bits per heavy atom. The van der Waals surface area contributed by atoms with Gasteiger partial charge in [-0.25, -0.2) is 4.98 Å². The summed E-state index contributed by atoms with van der Waals surface area (Å²) in [4.78, 5) is 7.50. The van der Waals surface area contributed by atoms with Crippen molar-refractivity contribution in [3.63, 3.8) is 0 Å². The van der Waals surface area contributed by atoms with E-state index in [1.54, 1.807) is 6.33 Å². The first-order chi connectivity index (χ1) is 11.2. The van der Waals surface area contributed by atoms with E-state index in [-0.39, 0.29) is 0 Å². The summed E-state index contributed by atoms with van der Waals surface area (Å²) in [6, 6.07) is 19.5. The maximum Gasteiger partial charge on any atom is 0.0931 e. The Bertz CT molecular complexity index is 958. The van der Waals surface area contributed by atoms with Gasteiger partial charge in [-0.15, -0.1) is 0 Å². The third-order valence-electron chi connectivity index (χ3n) is 4.37. The lowest BCUT2D eigenvalue weighted by Gasteiger charge is -2.12. The highest BCUT2D eigenvalue weighted by Gasteiger charge is 2.09. The Hall–Kier alpha value is -2.81. The van der Waals surface area contributed by atoms with E-state index in [1.807, 2.05) is 0 Å². The quantitative estimate of drug-likeness (QED) is 0.585. The number of rotatable bonds is 3. The molecule has 0 radical (unpaired) electrons. The normalized spacial score (nSPS) is 11.2. The van der Waals surface area contributed by atoms with E-state index < -0.39 is 0 Å². The van der Waals surface area contributed by atoms with Gasteiger partial charge in [0, 0.05) is 17.9 Å². The summed E-state index contributed by atoms with van der Waals surface area (Å²) >= 11 is 0. The zero-order valence-corrected chi connectivity index (χ0v) is 13.4. The highest BCUT2D eigenvalue weighted by Crippen LogP contribution is 2.24. The van der Waals surface area contributed by atoms with Crippen LogP contribution in [0.5, 0.6) is 0 Å². The van der Waals surface area contributed by atoms with Crippen LogP contribution in [-0.2, 0) is 6.54 Å². The molecule has 23 heavy (non-hydrogen) atoms. The van der Waals surface area contributed by atoms with Crippen LogP contribution in [0, 0.1) is 13.8 Å². The molecule has 0 aliphatic rings. The van der Waals surface area contributed by atoms with Gasteiger partial charge in [0.15, 0.2) is 0 Å². The number of aromatic nitrogens is 3. The molecule has 0 spiro atoms. The molecule has 0 unspecified atom stereocenters. The van der Waals surface area contributed by atoms with Crippen molar-refractivity contribution in [3.8, 4) is 11.3 Å². The summed E-state index contributed by atoms with van der Waals surface area (Å²) in [7, 11) is 0. The average Bonchev–Trinajstić information content (AvgIpc) is 3.16. The molecule has 114 valence electrons. The number of hydrogen-bond acceptors (Lipinski definition) is 1. The first kappa shape index (κ1) is 13.8. The van der Waals surface area contributed by atoms with Gasteiger partial charge in [-0.05, 0) is 49.2 Å². The number of aryl methyl sites for hydroxylation is 2. The van der Waals surface area contributed by atoms with Gasteiger partial charge in [-0.1, -0.05) is 35.9 Å². The van der Waals surface area contributed by atoms with Crippen molar-refractivity contribution in [1.29, 1.82) is 0 Å². The summed E-state index contributed by atoms with van der Waals surface area (Å²) in [6.07, 6.45) is 1.74. The van der Waals surface area contributed by atoms with Gasteiger partial charge in [0.05, 0.1) is 17.4 Å². The fourth-order valence-corrected chi connectivity index (χ4v) is 3.01. The first-order valence-electron chi connectivity index (χ1n) is 7.86. The average molecular weight is 301 g/mol. The second kappa shape index (κ2) is 5.43. The van der Waals surface area contributed by atoms with Crippen LogP contribution in [0.2, 0.25) is 0 Å². The molecule has 2 aromatic carbocycles. The Morgan fingerprint density at radius 1 is 0.957 bits per heavy atom. The van der Waals surface area contributed by atoms with Crippen molar-refractivity contribution in [2.75, 3.05) is 0 Å². The lowest BCUT2D eigenvalue weighted by Crippen LogP contribution is -2.03. The van der Waals surface area contributed by atoms with E-state index in [4.69, 9.17) is 0 Å². The largest absolute Gasteiger partial charge is 0.345 e. The third-order valence-corrected chi connectivity index (χ3v) is 4.37. The maximum absolute atomic E-state index is 4.36. The number of fused-ring (bicyclic) bond motifs is 1. The smallest absolute Gasteiger partial charge is 0.0931 e. The molecule has 4 aromatic rings. The van der Waals surface area contributed by atoms with E-state index in [1.165, 1.54) is 28.1 Å². The molecule has 0 atom stereocenters. The fourth-order valence-electron chi connectivity index (χ4n) is 3.01. The van der Waals surface area contributed by atoms with Gasteiger partial charge in [-0.3, -0.25) is 0 Å². The minimum atomic E-state index is 0.852. The molecule has 0 fully saturated rings. The summed E-state index contributed by atoms with van der Waals surface area (Å²) < 4.78 is 2.36. The van der Waals surface area contributed by atoms with Crippen molar-refractivity contribution < 1.29 is 0 Å². The number of nitrogens with zero attached hydrogens (tertiary/aromatic N) is 2. The van der Waals surface area contributed by atoms with Crippen molar-refractivity contribution >= 4 is 11.0 Å². The lowest BCUT2D eigenvalue weighted by atomic mass is 10.1. The van der Waals surface area contributed by atoms with Crippen LogP contribution in [0.4, 0.5) is 0 Å². The van der Waals surface area contributed by atoms with Crippen molar-refractivity contribution in [3.05, 3.63) is 77.7 Å². The molecule has 0 aliphatic carbocycles. The number of nitrogens with one attached hydrogen (secondary N) is 1. The zero-order chi connectivity index (χ0) is 15.8. The number of H-pyrrole nitrogens is 1. The fraction of sp³-hybridized carbons (Fsp3) is 0.150. The van der Waals surface area contributed by atoms with Crippen LogP contribution < -0.4 is 0 Å². The van der Waals surface area contributed by atoms with Crippen LogP contribution in [0.3, 0.4) is 0 Å². The molecule has 0 aliphatic heterocycles. The SMILES string of the molecule is Cc1ccc(-c2ccc(C)n2Cc2ccc3[nH]cnc3c2)cc1. The Labute approximate surface area is 135 Å². The maximum atomic E-state index is 4.36. The number of imidazole rings is 1. The van der Waals surface area contributed by atoms with E-state index in [0.29, 0.717) is 0 Å². The van der Waals surface area contributed by atoms with E-state index >= 15 is 0 Å². The van der Waals surface area contributed by atoms with Crippen LogP contribution in [0.15, 0.2) is 60.9 Å². The first-order valence-corrected chi connectivity index (χ1v) is 7.86. The summed E-state index contributed by atoms with van der Waals surface area (Å²) in [5.74, 6) is 0. The minimum absolute atomic E-state index is 0.852. The van der Waals surface area contributed by atoms with Gasteiger partial charge in [0.25, 0.3) is 0 Å². The lowest BCUT2D eigenvalue weighted by molar-refractivity contribution is 0.785. The van der Waals surface area contributed by atoms with Crippen LogP contribution in [0.1, 0.15) is 16.8 Å². The summed E-state index contributed by atoms with van der Waals surface area (Å²) in [6.45, 7) is 5.13. The molecule has 1 N–H and O–H groups in total. The highest BCUT2D eigenvalue weighted by atomic mass is 15.0. The summed E-state index contributed by atoms with van der Waals surface area (Å²) in [5.41, 5.74) is 8.42. The Morgan fingerprint density at radius 2 is 1.78 bits per heavy atom. The van der Waals surface area contributed by atoms with Gasteiger partial charge < -0.3 is 9.55 Å². The number of hydrogen-bond donors (Lipinski definition) is 1. The number of aromatic amines is 1. The van der Waals surface area contributed by atoms with Gasteiger partial charge >= 0.3 is 0 Å². The standard InChI is InChI=1S/C20H19N3/c1-14-3-7-17(8-4-14)20-10-5-15(2)23(20)12-16-6-9-18-19(11-16)22-13-21-18/h3-11,13H,12H2,1-2H3,(H,21,22). The van der Waals surface area contributed by atoms with Crippen LogP contribution in [0.25, 0.3) is 22.3 Å². The molecule has 0 bridgehead atoms. The van der Waals surface area contributed by atoms with Crippen molar-refractivity contribution in [2.45, 2.75) is 20.4 Å². The molecule has 2 heterocycles. The molecule has 3 heteroatoms. The van der Waals surface area contributed by atoms with Gasteiger partial charge in [-0.2, -0.15) is 0 Å². The predicted octanol–water partition coefficient (Wildman–Crippen LogP) is 4.70. The number of benzene rings is 2.